The molecule has 0 unspecified atom stereocenters. The first-order chi connectivity index (χ1) is 7.89. The monoisotopic (exact) mass is 246 g/mol. The highest BCUT2D eigenvalue weighted by Gasteiger charge is 2.34. The van der Waals surface area contributed by atoms with Gasteiger partial charge in [0.2, 0.25) is 0 Å². The lowest BCUT2D eigenvalue weighted by Gasteiger charge is -2.16. The summed E-state index contributed by atoms with van der Waals surface area (Å²) in [5, 5.41) is 8.54. The molecule has 17 heavy (non-hydrogen) atoms. The fourth-order valence-corrected chi connectivity index (χ4v) is 1.23. The van der Waals surface area contributed by atoms with Gasteiger partial charge in [-0.3, -0.25) is 4.98 Å². The summed E-state index contributed by atoms with van der Waals surface area (Å²) in [6.07, 6.45) is -4.05. The molecule has 0 amide bonds. The first-order valence-electron chi connectivity index (χ1n) is 4.48. The first-order valence-corrected chi connectivity index (χ1v) is 4.48. The van der Waals surface area contributed by atoms with Crippen molar-refractivity contribution in [2.24, 2.45) is 5.73 Å². The van der Waals surface area contributed by atoms with Gasteiger partial charge >= 0.3 is 6.36 Å². The number of nitrogens with two attached hydrogens (primary N) is 2. The molecule has 1 rings (SSSR count). The number of nitrogen functional groups attached to an aromatic ring is 1. The molecule has 0 bridgehead atoms. The summed E-state index contributed by atoms with van der Waals surface area (Å²) in [7, 11) is 0. The second kappa shape index (κ2) is 4.88. The van der Waals surface area contributed by atoms with Crippen molar-refractivity contribution in [1.29, 1.82) is 5.26 Å². The minimum atomic E-state index is -4.89. The Bertz CT molecular complexity index is 453. The zero-order valence-corrected chi connectivity index (χ0v) is 8.58. The average molecular weight is 246 g/mol. The van der Waals surface area contributed by atoms with Crippen molar-refractivity contribution in [1.82, 2.24) is 4.98 Å². The van der Waals surface area contributed by atoms with Gasteiger partial charge < -0.3 is 16.2 Å². The largest absolute Gasteiger partial charge is 0.573 e. The summed E-state index contributed by atoms with van der Waals surface area (Å²) in [6, 6.07) is 1.71. The number of nitrogens with zero attached hydrogens (tertiary/aromatic N) is 2. The highest BCUT2D eigenvalue weighted by Crippen LogP contribution is 2.32. The van der Waals surface area contributed by atoms with Crippen molar-refractivity contribution in [3.8, 4) is 11.8 Å². The van der Waals surface area contributed by atoms with E-state index in [0.29, 0.717) is 0 Å². The SMILES string of the molecule is N#CCc1c(N)cnc(CN)c1OC(F)(F)F. The molecule has 1 aromatic rings. The van der Waals surface area contributed by atoms with Gasteiger partial charge in [0.1, 0.15) is 0 Å². The van der Waals surface area contributed by atoms with Crippen molar-refractivity contribution in [3.63, 3.8) is 0 Å². The van der Waals surface area contributed by atoms with Gasteiger partial charge in [-0.05, 0) is 0 Å². The molecule has 92 valence electrons. The maximum Gasteiger partial charge on any atom is 0.573 e. The molecule has 0 radical (unpaired) electrons. The number of halogens is 3. The molecule has 0 spiro atoms. The quantitative estimate of drug-likeness (QED) is 0.831. The van der Waals surface area contributed by atoms with E-state index in [1.54, 1.807) is 6.07 Å². The molecule has 1 aromatic heterocycles. The molecule has 0 atom stereocenters. The van der Waals surface area contributed by atoms with E-state index in [9.17, 15) is 13.2 Å². The molecule has 4 N–H and O–H groups in total. The molecule has 0 aliphatic carbocycles. The van der Waals surface area contributed by atoms with Gasteiger partial charge in [0.25, 0.3) is 0 Å². The minimum absolute atomic E-state index is 0.0389. The zero-order chi connectivity index (χ0) is 13.1. The Labute approximate surface area is 94.8 Å². The topological polar surface area (TPSA) is 98.0 Å². The number of alkyl halides is 3. The normalized spacial score (nSPS) is 11.0. The Hall–Kier alpha value is -2.01. The number of rotatable bonds is 3. The van der Waals surface area contributed by atoms with Crippen molar-refractivity contribution >= 4 is 5.69 Å². The van der Waals surface area contributed by atoms with E-state index in [1.807, 2.05) is 0 Å². The van der Waals surface area contributed by atoms with Crippen LogP contribution < -0.4 is 16.2 Å². The van der Waals surface area contributed by atoms with Crippen LogP contribution >= 0.6 is 0 Å². The van der Waals surface area contributed by atoms with Gasteiger partial charge in [0, 0.05) is 12.1 Å². The Balaban J connectivity index is 3.30. The molecule has 0 saturated carbocycles. The fraction of sp³-hybridized carbons (Fsp3) is 0.333. The molecule has 0 saturated heterocycles. The van der Waals surface area contributed by atoms with Gasteiger partial charge in [-0.2, -0.15) is 5.26 Å². The molecular weight excluding hydrogens is 237 g/mol. The van der Waals surface area contributed by atoms with Crippen LogP contribution in [0.25, 0.3) is 0 Å². The Morgan fingerprint density at radius 2 is 2.12 bits per heavy atom. The summed E-state index contributed by atoms with van der Waals surface area (Å²) in [5.41, 5.74) is 10.5. The molecular formula is C9H9F3N4O. The third-order valence-corrected chi connectivity index (χ3v) is 1.91. The van der Waals surface area contributed by atoms with Crippen LogP contribution in [0.15, 0.2) is 6.20 Å². The molecule has 0 fully saturated rings. The Kier molecular flexibility index (Phi) is 3.75. The number of aromatic nitrogens is 1. The van der Waals surface area contributed by atoms with E-state index in [-0.39, 0.29) is 29.9 Å². The summed E-state index contributed by atoms with van der Waals surface area (Å²) in [6.45, 7) is -0.246. The first kappa shape index (κ1) is 13.1. The second-order valence-corrected chi connectivity index (χ2v) is 3.05. The second-order valence-electron chi connectivity index (χ2n) is 3.05. The molecule has 0 aliphatic rings. The van der Waals surface area contributed by atoms with Crippen LogP contribution in [0.4, 0.5) is 18.9 Å². The summed E-state index contributed by atoms with van der Waals surface area (Å²) in [5.74, 6) is -0.582. The lowest BCUT2D eigenvalue weighted by Crippen LogP contribution is -2.21. The van der Waals surface area contributed by atoms with E-state index in [0.717, 1.165) is 6.20 Å². The number of ether oxygens (including phenoxy) is 1. The van der Waals surface area contributed by atoms with Crippen LogP contribution in [0.3, 0.4) is 0 Å². The van der Waals surface area contributed by atoms with Crippen LogP contribution in [0, 0.1) is 11.3 Å². The number of nitriles is 1. The van der Waals surface area contributed by atoms with Crippen molar-refractivity contribution in [3.05, 3.63) is 17.5 Å². The number of anilines is 1. The number of pyridine rings is 1. The standard InChI is InChI=1S/C9H9F3N4O/c10-9(11,12)17-8-5(1-2-13)6(15)4-16-7(8)3-14/h4H,1,3,14-15H2. The third kappa shape index (κ3) is 3.22. The van der Waals surface area contributed by atoms with Crippen LogP contribution in [0.5, 0.6) is 5.75 Å². The maximum absolute atomic E-state index is 12.2. The van der Waals surface area contributed by atoms with E-state index in [2.05, 4.69) is 9.72 Å². The molecule has 8 heteroatoms. The summed E-state index contributed by atoms with van der Waals surface area (Å²) >= 11 is 0. The maximum atomic E-state index is 12.2. The lowest BCUT2D eigenvalue weighted by molar-refractivity contribution is -0.275. The van der Waals surface area contributed by atoms with E-state index in [1.165, 1.54) is 0 Å². The van der Waals surface area contributed by atoms with Gasteiger partial charge in [-0.25, -0.2) is 0 Å². The predicted molar refractivity (Wildman–Crippen MR) is 52.5 cm³/mol. The highest BCUT2D eigenvalue weighted by molar-refractivity contribution is 5.55. The fourth-order valence-electron chi connectivity index (χ4n) is 1.23. The van der Waals surface area contributed by atoms with Crippen molar-refractivity contribution < 1.29 is 17.9 Å². The van der Waals surface area contributed by atoms with Crippen molar-refractivity contribution in [2.75, 3.05) is 5.73 Å². The minimum Gasteiger partial charge on any atom is -0.403 e. The Morgan fingerprint density at radius 1 is 1.47 bits per heavy atom. The van der Waals surface area contributed by atoms with Crippen LogP contribution in [0.1, 0.15) is 11.3 Å². The summed E-state index contributed by atoms with van der Waals surface area (Å²) in [4.78, 5) is 3.64. The van der Waals surface area contributed by atoms with E-state index < -0.39 is 12.1 Å². The molecule has 0 aliphatic heterocycles. The van der Waals surface area contributed by atoms with Gasteiger partial charge in [-0.1, -0.05) is 0 Å². The predicted octanol–water partition coefficient (Wildman–Crippen LogP) is 1.09. The average Bonchev–Trinajstić information content (AvgIpc) is 2.22. The van der Waals surface area contributed by atoms with Gasteiger partial charge in [0.05, 0.1) is 30.1 Å². The smallest absolute Gasteiger partial charge is 0.403 e. The van der Waals surface area contributed by atoms with E-state index in [4.69, 9.17) is 16.7 Å². The van der Waals surface area contributed by atoms with Gasteiger partial charge in [0.15, 0.2) is 5.75 Å². The Morgan fingerprint density at radius 3 is 2.59 bits per heavy atom. The third-order valence-electron chi connectivity index (χ3n) is 1.91. The number of hydrogen-bond donors (Lipinski definition) is 2. The highest BCUT2D eigenvalue weighted by atomic mass is 19.4. The lowest BCUT2D eigenvalue weighted by atomic mass is 10.1. The van der Waals surface area contributed by atoms with E-state index >= 15 is 0 Å². The molecule has 0 aromatic carbocycles. The number of hydrogen-bond acceptors (Lipinski definition) is 5. The van der Waals surface area contributed by atoms with Crippen LogP contribution in [0.2, 0.25) is 0 Å². The molecule has 1 heterocycles. The molecule has 5 nitrogen and oxygen atoms in total. The van der Waals surface area contributed by atoms with Crippen LogP contribution in [-0.4, -0.2) is 11.3 Å². The summed E-state index contributed by atoms with van der Waals surface area (Å²) < 4.78 is 40.4. The van der Waals surface area contributed by atoms with Gasteiger partial charge in [-0.15, -0.1) is 13.2 Å². The van der Waals surface area contributed by atoms with Crippen LogP contribution in [-0.2, 0) is 13.0 Å². The zero-order valence-electron chi connectivity index (χ0n) is 8.58. The van der Waals surface area contributed by atoms with Crippen molar-refractivity contribution in [2.45, 2.75) is 19.3 Å².